The van der Waals surface area contributed by atoms with E-state index < -0.39 is 19.7 Å². The molecular formula is C13H17N2O6P. The molecule has 0 saturated carbocycles. The Morgan fingerprint density at radius 1 is 1.32 bits per heavy atom. The number of nitrogens with zero attached hydrogens (tertiary/aromatic N) is 1. The van der Waals surface area contributed by atoms with Gasteiger partial charge in [-0.1, -0.05) is 0 Å². The van der Waals surface area contributed by atoms with Gasteiger partial charge in [0.15, 0.2) is 0 Å². The second-order valence-corrected chi connectivity index (χ2v) is 6.61. The Bertz CT molecular complexity index is 597. The summed E-state index contributed by atoms with van der Waals surface area (Å²) in [5, 5.41) is 2.55. The molecule has 0 aromatic heterocycles. The van der Waals surface area contributed by atoms with Gasteiger partial charge in [-0.3, -0.25) is 14.2 Å². The van der Waals surface area contributed by atoms with Crippen LogP contribution in [-0.2, 0) is 18.9 Å². The second-order valence-electron chi connectivity index (χ2n) is 4.83. The van der Waals surface area contributed by atoms with Gasteiger partial charge >= 0.3 is 7.60 Å². The van der Waals surface area contributed by atoms with Crippen molar-refractivity contribution >= 4 is 30.8 Å². The third-order valence-corrected chi connectivity index (χ3v) is 3.88. The Morgan fingerprint density at radius 3 is 2.59 bits per heavy atom. The minimum absolute atomic E-state index is 0.0564. The van der Waals surface area contributed by atoms with Crippen molar-refractivity contribution in [3.63, 3.8) is 0 Å². The molecule has 0 unspecified atom stereocenters. The molecule has 2 rings (SSSR count). The van der Waals surface area contributed by atoms with Gasteiger partial charge in [0.25, 0.3) is 5.91 Å². The van der Waals surface area contributed by atoms with Crippen LogP contribution in [0.3, 0.4) is 0 Å². The number of morpholine rings is 1. The average Bonchev–Trinajstić information content (AvgIpc) is 2.46. The number of benzene rings is 1. The van der Waals surface area contributed by atoms with Crippen molar-refractivity contribution in [3.8, 4) is 0 Å². The smallest absolute Gasteiger partial charge is 0.326 e. The number of rotatable bonds is 5. The van der Waals surface area contributed by atoms with E-state index in [0.717, 1.165) is 0 Å². The van der Waals surface area contributed by atoms with Crippen LogP contribution < -0.4 is 10.2 Å². The van der Waals surface area contributed by atoms with Crippen molar-refractivity contribution in [1.29, 1.82) is 0 Å². The molecule has 0 spiro atoms. The molecule has 0 bridgehead atoms. The molecule has 120 valence electrons. The zero-order valence-electron chi connectivity index (χ0n) is 11.8. The summed E-state index contributed by atoms with van der Waals surface area (Å²) >= 11 is 0. The minimum atomic E-state index is -4.17. The number of nitrogens with one attached hydrogen (secondary N) is 1. The Kier molecular flexibility index (Phi) is 5.31. The van der Waals surface area contributed by atoms with Crippen LogP contribution in [0.2, 0.25) is 0 Å². The lowest BCUT2D eigenvalue weighted by Crippen LogP contribution is -2.41. The second kappa shape index (κ2) is 7.02. The van der Waals surface area contributed by atoms with Gasteiger partial charge in [0.1, 0.15) is 6.61 Å². The van der Waals surface area contributed by atoms with E-state index in [-0.39, 0.29) is 18.9 Å². The number of hydrogen-bond donors (Lipinski definition) is 3. The summed E-state index contributed by atoms with van der Waals surface area (Å²) in [6.07, 6.45) is -0.743. The van der Waals surface area contributed by atoms with Crippen LogP contribution in [0.4, 0.5) is 11.4 Å². The summed E-state index contributed by atoms with van der Waals surface area (Å²) in [4.78, 5) is 42.3. The van der Waals surface area contributed by atoms with Crippen molar-refractivity contribution in [2.24, 2.45) is 0 Å². The molecular weight excluding hydrogens is 311 g/mol. The zero-order chi connectivity index (χ0) is 16.2. The maximum Gasteiger partial charge on any atom is 0.326 e. The maximum atomic E-state index is 11.7. The highest BCUT2D eigenvalue weighted by Crippen LogP contribution is 2.34. The fourth-order valence-corrected chi connectivity index (χ4v) is 2.48. The average molecular weight is 328 g/mol. The molecule has 9 heteroatoms. The molecule has 1 saturated heterocycles. The molecule has 1 aliphatic heterocycles. The van der Waals surface area contributed by atoms with Crippen LogP contribution in [0.5, 0.6) is 0 Å². The van der Waals surface area contributed by atoms with Gasteiger partial charge in [-0.05, 0) is 24.3 Å². The third-order valence-electron chi connectivity index (χ3n) is 3.08. The Labute approximate surface area is 127 Å². The third kappa shape index (κ3) is 4.92. The molecule has 3 N–H and O–H groups in total. The number of hydrogen-bond acceptors (Lipinski definition) is 4. The molecule has 2 amide bonds. The summed E-state index contributed by atoms with van der Waals surface area (Å²) in [6.45, 7) is 1.01. The fraction of sp³-hybridized carbons (Fsp3) is 0.385. The van der Waals surface area contributed by atoms with Gasteiger partial charge in [-0.2, -0.15) is 0 Å². The molecule has 1 aliphatic rings. The highest BCUT2D eigenvalue weighted by molar-refractivity contribution is 7.51. The van der Waals surface area contributed by atoms with E-state index in [1.165, 1.54) is 0 Å². The first-order chi connectivity index (χ1) is 10.3. The van der Waals surface area contributed by atoms with Crippen LogP contribution in [0.15, 0.2) is 24.3 Å². The summed E-state index contributed by atoms with van der Waals surface area (Å²) in [5.41, 5.74) is 1.21. The topological polar surface area (TPSA) is 116 Å². The first-order valence-corrected chi connectivity index (χ1v) is 8.47. The van der Waals surface area contributed by atoms with Gasteiger partial charge in [0, 0.05) is 24.3 Å². The molecule has 8 nitrogen and oxygen atoms in total. The molecule has 1 aromatic rings. The Morgan fingerprint density at radius 2 is 2.00 bits per heavy atom. The highest BCUT2D eigenvalue weighted by Gasteiger charge is 2.20. The van der Waals surface area contributed by atoms with Gasteiger partial charge < -0.3 is 24.7 Å². The molecule has 0 atom stereocenters. The van der Waals surface area contributed by atoms with Crippen molar-refractivity contribution in [2.45, 2.75) is 6.42 Å². The first kappa shape index (κ1) is 16.6. The SMILES string of the molecule is O=C(CCP(=O)(O)O)Nc1ccc(N2CCOCC2=O)cc1. The number of carbonyl (C=O) groups excluding carboxylic acids is 2. The maximum absolute atomic E-state index is 11.7. The fourth-order valence-electron chi connectivity index (χ4n) is 1.99. The molecule has 0 aliphatic carbocycles. The van der Waals surface area contributed by atoms with Crippen molar-refractivity contribution in [3.05, 3.63) is 24.3 Å². The van der Waals surface area contributed by atoms with E-state index in [1.54, 1.807) is 29.2 Å². The van der Waals surface area contributed by atoms with Gasteiger partial charge in [-0.25, -0.2) is 0 Å². The van der Waals surface area contributed by atoms with Crippen LogP contribution in [0.1, 0.15) is 6.42 Å². The van der Waals surface area contributed by atoms with E-state index in [4.69, 9.17) is 14.5 Å². The summed E-state index contributed by atoms with van der Waals surface area (Å²) in [7, 11) is -4.17. The lowest BCUT2D eigenvalue weighted by atomic mass is 10.2. The van der Waals surface area contributed by atoms with Crippen LogP contribution in [0, 0.1) is 0 Å². The van der Waals surface area contributed by atoms with Crippen LogP contribution >= 0.6 is 7.60 Å². The lowest BCUT2D eigenvalue weighted by molar-refractivity contribution is -0.125. The quantitative estimate of drug-likeness (QED) is 0.680. The van der Waals surface area contributed by atoms with Gasteiger partial charge in [0.2, 0.25) is 5.91 Å². The molecule has 22 heavy (non-hydrogen) atoms. The predicted molar refractivity (Wildman–Crippen MR) is 79.8 cm³/mol. The Hall–Kier alpha value is -1.73. The number of amides is 2. The molecule has 1 aromatic carbocycles. The molecule has 1 heterocycles. The number of ether oxygens (including phenoxy) is 1. The van der Waals surface area contributed by atoms with Gasteiger partial charge in [-0.15, -0.1) is 0 Å². The first-order valence-electron chi connectivity index (χ1n) is 6.68. The normalized spacial score (nSPS) is 15.7. The predicted octanol–water partition coefficient (Wildman–Crippen LogP) is 0.556. The summed E-state index contributed by atoms with van der Waals surface area (Å²) in [6, 6.07) is 6.66. The van der Waals surface area contributed by atoms with Crippen LogP contribution in [0.25, 0.3) is 0 Å². The number of anilines is 2. The van der Waals surface area contributed by atoms with Crippen LogP contribution in [-0.4, -0.2) is 47.5 Å². The van der Waals surface area contributed by atoms with Gasteiger partial charge in [0.05, 0.1) is 12.8 Å². The summed E-state index contributed by atoms with van der Waals surface area (Å²) in [5.74, 6) is -0.594. The highest BCUT2D eigenvalue weighted by atomic mass is 31.2. The Balaban J connectivity index is 1.93. The summed E-state index contributed by atoms with van der Waals surface area (Å²) < 4.78 is 15.8. The largest absolute Gasteiger partial charge is 0.370 e. The zero-order valence-corrected chi connectivity index (χ0v) is 12.7. The van der Waals surface area contributed by atoms with E-state index in [0.29, 0.717) is 24.5 Å². The van der Waals surface area contributed by atoms with E-state index in [1.807, 2.05) is 0 Å². The van der Waals surface area contributed by atoms with E-state index >= 15 is 0 Å². The standard InChI is InChI=1S/C13H17N2O6P/c16-12(5-8-22(18,19)20)14-10-1-3-11(4-2-10)15-6-7-21-9-13(15)17/h1-4H,5-9H2,(H,14,16)(H2,18,19,20). The molecule has 0 radical (unpaired) electrons. The van der Waals surface area contributed by atoms with E-state index in [2.05, 4.69) is 5.32 Å². The van der Waals surface area contributed by atoms with Crippen molar-refractivity contribution in [1.82, 2.24) is 0 Å². The lowest BCUT2D eigenvalue weighted by Gasteiger charge is -2.26. The number of carbonyl (C=O) groups is 2. The van der Waals surface area contributed by atoms with Crippen molar-refractivity contribution < 1.29 is 28.7 Å². The van der Waals surface area contributed by atoms with Crippen molar-refractivity contribution in [2.75, 3.05) is 36.1 Å². The monoisotopic (exact) mass is 328 g/mol. The van der Waals surface area contributed by atoms with E-state index in [9.17, 15) is 14.2 Å². The minimum Gasteiger partial charge on any atom is -0.370 e. The molecule has 1 fully saturated rings.